The van der Waals surface area contributed by atoms with E-state index in [2.05, 4.69) is 21.7 Å². The van der Waals surface area contributed by atoms with E-state index in [1.165, 1.54) is 36.4 Å². The molecule has 0 saturated heterocycles. The zero-order valence-corrected chi connectivity index (χ0v) is 19.7. The van der Waals surface area contributed by atoms with Crippen LogP contribution in [0.2, 0.25) is 10.0 Å². The number of amides is 2. The van der Waals surface area contributed by atoms with E-state index in [1.54, 1.807) is 11.3 Å². The van der Waals surface area contributed by atoms with Crippen LogP contribution in [0.3, 0.4) is 0 Å². The Morgan fingerprint density at radius 3 is 2.58 bits per heavy atom. The molecule has 5 nitrogen and oxygen atoms in total. The SMILES string of the molecule is O=C(NC(CNC(=O)c1ncc(Cl)cc1Cl)C1CCCCC1)c1ccc(CC2CC2)s1. The Morgan fingerprint density at radius 2 is 1.87 bits per heavy atom. The first-order valence-corrected chi connectivity index (χ1v) is 12.6. The molecule has 2 heterocycles. The van der Waals surface area contributed by atoms with Crippen molar-refractivity contribution in [2.24, 2.45) is 11.8 Å². The number of nitrogens with zero attached hydrogens (tertiary/aromatic N) is 1. The van der Waals surface area contributed by atoms with Gasteiger partial charge in [-0.1, -0.05) is 42.5 Å². The molecule has 2 aromatic rings. The second-order valence-electron chi connectivity index (χ2n) is 8.59. The Kier molecular flexibility index (Phi) is 7.51. The van der Waals surface area contributed by atoms with Crippen LogP contribution in [0.5, 0.6) is 0 Å². The lowest BCUT2D eigenvalue weighted by Gasteiger charge is -2.31. The van der Waals surface area contributed by atoms with Gasteiger partial charge < -0.3 is 10.6 Å². The molecule has 0 radical (unpaired) electrons. The average molecular weight is 480 g/mol. The standard InChI is InChI=1S/C23H27Cl2N3O2S/c24-16-11-18(25)21(26-12-16)23(30)27-13-19(15-4-2-1-3-5-15)28-22(29)20-9-8-17(31-20)10-14-6-7-14/h8-9,11-12,14-15,19H,1-7,10,13H2,(H,27,30)(H,28,29). The van der Waals surface area contributed by atoms with Gasteiger partial charge in [0.15, 0.2) is 0 Å². The van der Waals surface area contributed by atoms with Crippen molar-refractivity contribution in [3.63, 3.8) is 0 Å². The van der Waals surface area contributed by atoms with E-state index in [0.29, 0.717) is 17.5 Å². The molecule has 0 aromatic carbocycles. The van der Waals surface area contributed by atoms with E-state index in [9.17, 15) is 9.59 Å². The third-order valence-corrected chi connectivity index (χ3v) is 7.71. The number of carbonyl (C=O) groups is 2. The predicted octanol–water partition coefficient (Wildman–Crippen LogP) is 5.51. The summed E-state index contributed by atoms with van der Waals surface area (Å²) < 4.78 is 0. The third kappa shape index (κ3) is 6.21. The highest BCUT2D eigenvalue weighted by molar-refractivity contribution is 7.14. The summed E-state index contributed by atoms with van der Waals surface area (Å²) in [5.41, 5.74) is 0.141. The van der Waals surface area contributed by atoms with Crippen molar-refractivity contribution >= 4 is 46.4 Å². The molecular formula is C23H27Cl2N3O2S. The molecule has 166 valence electrons. The Hall–Kier alpha value is -1.63. The summed E-state index contributed by atoms with van der Waals surface area (Å²) in [6.07, 6.45) is 10.7. The highest BCUT2D eigenvalue weighted by Crippen LogP contribution is 2.34. The molecule has 1 atom stereocenters. The maximum atomic E-state index is 13.0. The summed E-state index contributed by atoms with van der Waals surface area (Å²) >= 11 is 13.6. The minimum absolute atomic E-state index is 0.0560. The van der Waals surface area contributed by atoms with Crippen molar-refractivity contribution in [3.8, 4) is 0 Å². The lowest BCUT2D eigenvalue weighted by molar-refractivity contribution is 0.0883. The topological polar surface area (TPSA) is 71.1 Å². The molecule has 8 heteroatoms. The zero-order chi connectivity index (χ0) is 21.8. The van der Waals surface area contributed by atoms with Gasteiger partial charge in [-0.2, -0.15) is 0 Å². The lowest BCUT2D eigenvalue weighted by Crippen LogP contribution is -2.48. The fraction of sp³-hybridized carbons (Fsp3) is 0.522. The van der Waals surface area contributed by atoms with E-state index in [4.69, 9.17) is 23.2 Å². The Labute approximate surface area is 196 Å². The number of carbonyl (C=O) groups excluding carboxylic acids is 2. The molecule has 2 saturated carbocycles. The van der Waals surface area contributed by atoms with Gasteiger partial charge in [-0.15, -0.1) is 11.3 Å². The second-order valence-corrected chi connectivity index (χ2v) is 10.6. The minimum atomic E-state index is -0.362. The quantitative estimate of drug-likeness (QED) is 0.523. The number of aromatic nitrogens is 1. The van der Waals surface area contributed by atoms with E-state index < -0.39 is 0 Å². The van der Waals surface area contributed by atoms with Gasteiger partial charge in [-0.05, 0) is 62.1 Å². The van der Waals surface area contributed by atoms with Crippen LogP contribution in [0.4, 0.5) is 0 Å². The number of hydrogen-bond acceptors (Lipinski definition) is 4. The first-order chi connectivity index (χ1) is 15.0. The van der Waals surface area contributed by atoms with Crippen LogP contribution in [0, 0.1) is 11.8 Å². The smallest absolute Gasteiger partial charge is 0.271 e. The summed E-state index contributed by atoms with van der Waals surface area (Å²) in [4.78, 5) is 31.6. The van der Waals surface area contributed by atoms with Gasteiger partial charge in [0.05, 0.1) is 14.9 Å². The highest BCUT2D eigenvalue weighted by Gasteiger charge is 2.28. The maximum Gasteiger partial charge on any atom is 0.271 e. The normalized spacial score (nSPS) is 17.9. The van der Waals surface area contributed by atoms with Gasteiger partial charge in [0.2, 0.25) is 0 Å². The summed E-state index contributed by atoms with van der Waals surface area (Å²) in [6.45, 7) is 0.343. The molecule has 1 unspecified atom stereocenters. The maximum absolute atomic E-state index is 13.0. The van der Waals surface area contributed by atoms with Gasteiger partial charge in [0.25, 0.3) is 11.8 Å². The van der Waals surface area contributed by atoms with Gasteiger partial charge in [0.1, 0.15) is 5.69 Å². The largest absolute Gasteiger partial charge is 0.349 e. The van der Waals surface area contributed by atoms with E-state index in [1.807, 2.05) is 6.07 Å². The van der Waals surface area contributed by atoms with Crippen LogP contribution in [0.1, 0.15) is 70.0 Å². The van der Waals surface area contributed by atoms with E-state index in [-0.39, 0.29) is 28.6 Å². The van der Waals surface area contributed by atoms with Crippen molar-refractivity contribution in [3.05, 3.63) is 49.9 Å². The molecule has 0 aliphatic heterocycles. The number of nitrogens with one attached hydrogen (secondary N) is 2. The fourth-order valence-corrected chi connectivity index (χ4v) is 5.69. The molecule has 2 aliphatic rings. The lowest BCUT2D eigenvalue weighted by atomic mass is 9.83. The van der Waals surface area contributed by atoms with Crippen LogP contribution >= 0.6 is 34.5 Å². The molecule has 4 rings (SSSR count). The molecule has 31 heavy (non-hydrogen) atoms. The van der Waals surface area contributed by atoms with Crippen molar-refractivity contribution in [1.82, 2.24) is 15.6 Å². The molecule has 2 N–H and O–H groups in total. The van der Waals surface area contributed by atoms with E-state index in [0.717, 1.165) is 42.9 Å². The van der Waals surface area contributed by atoms with Crippen LogP contribution in [-0.2, 0) is 6.42 Å². The van der Waals surface area contributed by atoms with Gasteiger partial charge >= 0.3 is 0 Å². The number of hydrogen-bond donors (Lipinski definition) is 2. The van der Waals surface area contributed by atoms with Gasteiger partial charge in [-0.25, -0.2) is 4.98 Å². The van der Waals surface area contributed by atoms with Crippen molar-refractivity contribution in [1.29, 1.82) is 0 Å². The fourth-order valence-electron chi connectivity index (χ4n) is 4.20. The molecule has 2 aliphatic carbocycles. The first-order valence-electron chi connectivity index (χ1n) is 11.0. The second kappa shape index (κ2) is 10.3. The summed E-state index contributed by atoms with van der Waals surface area (Å²) in [5.74, 6) is 0.727. The highest BCUT2D eigenvalue weighted by atomic mass is 35.5. The molecular weight excluding hydrogens is 453 g/mol. The Morgan fingerprint density at radius 1 is 1.10 bits per heavy atom. The predicted molar refractivity (Wildman–Crippen MR) is 125 cm³/mol. The molecule has 2 aromatic heterocycles. The Balaban J connectivity index is 1.40. The van der Waals surface area contributed by atoms with E-state index >= 15 is 0 Å². The van der Waals surface area contributed by atoms with Crippen molar-refractivity contribution in [2.75, 3.05) is 6.54 Å². The number of rotatable bonds is 8. The molecule has 2 amide bonds. The van der Waals surface area contributed by atoms with Crippen LogP contribution in [-0.4, -0.2) is 29.4 Å². The first kappa shape index (κ1) is 22.6. The third-order valence-electron chi connectivity index (χ3n) is 6.11. The zero-order valence-electron chi connectivity index (χ0n) is 17.3. The van der Waals surface area contributed by atoms with Crippen molar-refractivity contribution in [2.45, 2.75) is 57.4 Å². The number of halogens is 2. The molecule has 0 bridgehead atoms. The average Bonchev–Trinajstić information content (AvgIpc) is 3.45. The van der Waals surface area contributed by atoms with Crippen molar-refractivity contribution < 1.29 is 9.59 Å². The summed E-state index contributed by atoms with van der Waals surface area (Å²) in [7, 11) is 0. The number of pyridine rings is 1. The van der Waals surface area contributed by atoms with Crippen LogP contribution < -0.4 is 10.6 Å². The van der Waals surface area contributed by atoms with Crippen LogP contribution in [0.15, 0.2) is 24.4 Å². The molecule has 0 spiro atoms. The number of thiophene rings is 1. The summed E-state index contributed by atoms with van der Waals surface area (Å²) in [6, 6.07) is 5.37. The summed E-state index contributed by atoms with van der Waals surface area (Å²) in [5, 5.41) is 6.70. The monoisotopic (exact) mass is 479 g/mol. The van der Waals surface area contributed by atoms with Gasteiger partial charge in [0, 0.05) is 23.7 Å². The Bertz CT molecular complexity index is 939. The van der Waals surface area contributed by atoms with Crippen LogP contribution in [0.25, 0.3) is 0 Å². The molecule has 2 fully saturated rings. The minimum Gasteiger partial charge on any atom is -0.349 e. The van der Waals surface area contributed by atoms with Gasteiger partial charge in [-0.3, -0.25) is 9.59 Å².